The van der Waals surface area contributed by atoms with E-state index in [0.717, 1.165) is 16.9 Å². The number of nitrogens with zero attached hydrogens (tertiary/aromatic N) is 2. The topological polar surface area (TPSA) is 56.1 Å². The van der Waals surface area contributed by atoms with E-state index in [2.05, 4.69) is 18.3 Å². The summed E-state index contributed by atoms with van der Waals surface area (Å²) < 4.78 is 13.9. The molecule has 0 bridgehead atoms. The van der Waals surface area contributed by atoms with Crippen LogP contribution in [0.4, 0.5) is 15.8 Å². The lowest BCUT2D eigenvalue weighted by molar-refractivity contribution is -0.117. The predicted molar refractivity (Wildman–Crippen MR) is 95.7 cm³/mol. The summed E-state index contributed by atoms with van der Waals surface area (Å²) in [6.45, 7) is 5.59. The summed E-state index contributed by atoms with van der Waals surface area (Å²) in [5.74, 6) is -0.298. The van der Waals surface area contributed by atoms with Crippen LogP contribution in [-0.4, -0.2) is 11.9 Å². The molecule has 1 N–H and O–H groups in total. The Kier molecular flexibility index (Phi) is 4.45. The minimum Gasteiger partial charge on any atom is -0.378 e. The molecule has 0 saturated carbocycles. The average Bonchev–Trinajstić information content (AvgIpc) is 2.60. The fourth-order valence-electron chi connectivity index (χ4n) is 3.50. The van der Waals surface area contributed by atoms with Crippen LogP contribution in [0.1, 0.15) is 37.9 Å². The lowest BCUT2D eigenvalue weighted by Gasteiger charge is -2.44. The maximum absolute atomic E-state index is 13.9. The van der Waals surface area contributed by atoms with Crippen LogP contribution >= 0.6 is 0 Å². The van der Waals surface area contributed by atoms with Gasteiger partial charge in [0, 0.05) is 35.8 Å². The van der Waals surface area contributed by atoms with Crippen LogP contribution in [0.3, 0.4) is 0 Å². The van der Waals surface area contributed by atoms with Crippen molar-refractivity contribution < 1.29 is 9.18 Å². The first-order chi connectivity index (χ1) is 11.9. The van der Waals surface area contributed by atoms with E-state index in [9.17, 15) is 9.18 Å². The number of nitrogens with one attached hydrogen (secondary N) is 1. The van der Waals surface area contributed by atoms with Gasteiger partial charge in [0.05, 0.1) is 17.7 Å². The maximum Gasteiger partial charge on any atom is 0.224 e. The van der Waals surface area contributed by atoms with Gasteiger partial charge in [0.1, 0.15) is 5.82 Å². The van der Waals surface area contributed by atoms with Crippen molar-refractivity contribution in [3.8, 4) is 6.07 Å². The van der Waals surface area contributed by atoms with Gasteiger partial charge in [-0.1, -0.05) is 6.92 Å². The van der Waals surface area contributed by atoms with Gasteiger partial charge in [0.15, 0.2) is 0 Å². The van der Waals surface area contributed by atoms with Crippen molar-refractivity contribution in [3.05, 3.63) is 59.4 Å². The molecule has 0 fully saturated rings. The summed E-state index contributed by atoms with van der Waals surface area (Å²) in [4.78, 5) is 13.9. The Morgan fingerprint density at radius 3 is 2.48 bits per heavy atom. The number of nitriles is 1. The van der Waals surface area contributed by atoms with Crippen molar-refractivity contribution in [1.82, 2.24) is 0 Å². The number of fused-ring (bicyclic) bond motifs is 1. The van der Waals surface area contributed by atoms with Crippen LogP contribution in [0.5, 0.6) is 0 Å². The second kappa shape index (κ2) is 6.56. The van der Waals surface area contributed by atoms with Gasteiger partial charge in [-0.3, -0.25) is 4.79 Å². The smallest absolute Gasteiger partial charge is 0.224 e. The van der Waals surface area contributed by atoms with Crippen molar-refractivity contribution in [2.75, 3.05) is 10.2 Å². The van der Waals surface area contributed by atoms with Gasteiger partial charge < -0.3 is 10.2 Å². The number of halogens is 1. The Labute approximate surface area is 146 Å². The Morgan fingerprint density at radius 1 is 1.20 bits per heavy atom. The number of carbonyl (C=O) groups excluding carboxylic acids is 1. The van der Waals surface area contributed by atoms with E-state index in [0.29, 0.717) is 5.56 Å². The van der Waals surface area contributed by atoms with Crippen molar-refractivity contribution in [2.45, 2.75) is 32.9 Å². The highest BCUT2D eigenvalue weighted by atomic mass is 19.1. The molecule has 1 aliphatic heterocycles. The summed E-state index contributed by atoms with van der Waals surface area (Å²) in [7, 11) is 0. The predicted octanol–water partition coefficient (Wildman–Crippen LogP) is 4.24. The molecule has 0 aliphatic carbocycles. The fourth-order valence-corrected chi connectivity index (χ4v) is 3.50. The van der Waals surface area contributed by atoms with Crippen LogP contribution in [0.2, 0.25) is 0 Å². The second-order valence-corrected chi connectivity index (χ2v) is 6.50. The molecule has 1 amide bonds. The number of hydrogen-bond donors (Lipinski definition) is 1. The quantitative estimate of drug-likeness (QED) is 0.891. The number of benzene rings is 2. The third-order valence-electron chi connectivity index (χ3n) is 4.95. The zero-order chi connectivity index (χ0) is 18.1. The molecule has 0 spiro atoms. The molecule has 2 aromatic rings. The second-order valence-electron chi connectivity index (χ2n) is 6.50. The molecule has 0 radical (unpaired) electrons. The van der Waals surface area contributed by atoms with E-state index < -0.39 is 0 Å². The Balaban J connectivity index is 2.03. The van der Waals surface area contributed by atoms with E-state index in [-0.39, 0.29) is 29.7 Å². The molecule has 4 nitrogen and oxygen atoms in total. The summed E-state index contributed by atoms with van der Waals surface area (Å²) in [6, 6.07) is 13.7. The maximum atomic E-state index is 13.9. The van der Waals surface area contributed by atoms with E-state index in [4.69, 9.17) is 5.26 Å². The molecular formula is C20H20FN3O. The molecule has 1 aliphatic rings. The van der Waals surface area contributed by atoms with E-state index in [1.54, 1.807) is 23.1 Å². The van der Waals surface area contributed by atoms with Crippen molar-refractivity contribution >= 4 is 17.3 Å². The van der Waals surface area contributed by atoms with E-state index in [1.807, 2.05) is 19.1 Å². The van der Waals surface area contributed by atoms with Crippen LogP contribution in [0, 0.1) is 23.1 Å². The van der Waals surface area contributed by atoms with Crippen molar-refractivity contribution in [2.24, 2.45) is 5.92 Å². The minimum atomic E-state index is -0.323. The molecule has 0 unspecified atom stereocenters. The summed E-state index contributed by atoms with van der Waals surface area (Å²) in [5, 5.41) is 12.4. The Hall–Kier alpha value is -2.87. The zero-order valence-electron chi connectivity index (χ0n) is 14.5. The van der Waals surface area contributed by atoms with Crippen molar-refractivity contribution in [3.63, 3.8) is 0 Å². The lowest BCUT2D eigenvalue weighted by Crippen LogP contribution is -2.48. The normalized spacial score (nSPS) is 22.0. The SMILES string of the molecule is CC(=O)N1c2ccc(F)cc2[C@H](Nc2ccc(C#N)cc2)[C@@H](C)[C@@H]1C. The average molecular weight is 337 g/mol. The number of hydrogen-bond acceptors (Lipinski definition) is 3. The van der Waals surface area contributed by atoms with Gasteiger partial charge >= 0.3 is 0 Å². The third kappa shape index (κ3) is 3.08. The minimum absolute atomic E-state index is 0.0219. The molecule has 5 heteroatoms. The van der Waals surface area contributed by atoms with Gasteiger partial charge in [-0.15, -0.1) is 0 Å². The molecular weight excluding hydrogens is 317 g/mol. The van der Waals surface area contributed by atoms with Crippen LogP contribution in [-0.2, 0) is 4.79 Å². The standard InChI is InChI=1S/C20H20FN3O/c1-12-13(2)24(14(3)25)19-9-6-16(21)10-18(19)20(12)23-17-7-4-15(11-22)5-8-17/h4-10,12-13,20,23H,1-3H3/t12-,13-,20+/m0/s1. The van der Waals surface area contributed by atoms with Gasteiger partial charge in [-0.05, 0) is 49.4 Å². The molecule has 1 heterocycles. The first kappa shape index (κ1) is 17.0. The largest absolute Gasteiger partial charge is 0.378 e. The van der Waals surface area contributed by atoms with Crippen molar-refractivity contribution in [1.29, 1.82) is 5.26 Å². The Bertz CT molecular complexity index is 841. The van der Waals surface area contributed by atoms with Gasteiger partial charge in [-0.2, -0.15) is 5.26 Å². The first-order valence-corrected chi connectivity index (χ1v) is 8.28. The third-order valence-corrected chi connectivity index (χ3v) is 4.95. The molecule has 0 aromatic heterocycles. The zero-order valence-corrected chi connectivity index (χ0v) is 14.5. The summed E-state index contributed by atoms with van der Waals surface area (Å²) in [5.41, 5.74) is 2.95. The first-order valence-electron chi connectivity index (χ1n) is 8.28. The summed E-state index contributed by atoms with van der Waals surface area (Å²) in [6.07, 6.45) is 0. The van der Waals surface area contributed by atoms with Gasteiger partial charge in [0.2, 0.25) is 5.91 Å². The van der Waals surface area contributed by atoms with Gasteiger partial charge in [-0.25, -0.2) is 4.39 Å². The Morgan fingerprint density at radius 2 is 1.88 bits per heavy atom. The highest BCUT2D eigenvalue weighted by Gasteiger charge is 2.38. The van der Waals surface area contributed by atoms with Gasteiger partial charge in [0.25, 0.3) is 0 Å². The lowest BCUT2D eigenvalue weighted by atomic mass is 9.82. The fraction of sp³-hybridized carbons (Fsp3) is 0.300. The molecule has 25 heavy (non-hydrogen) atoms. The monoisotopic (exact) mass is 337 g/mol. The molecule has 3 atom stereocenters. The molecule has 2 aromatic carbocycles. The molecule has 3 rings (SSSR count). The molecule has 128 valence electrons. The van der Waals surface area contributed by atoms with Crippen LogP contribution < -0.4 is 10.2 Å². The number of amides is 1. The van der Waals surface area contributed by atoms with Crippen LogP contribution in [0.25, 0.3) is 0 Å². The number of carbonyl (C=O) groups is 1. The summed E-state index contributed by atoms with van der Waals surface area (Å²) >= 11 is 0. The highest BCUT2D eigenvalue weighted by Crippen LogP contribution is 2.42. The van der Waals surface area contributed by atoms with Crippen LogP contribution in [0.15, 0.2) is 42.5 Å². The van der Waals surface area contributed by atoms with E-state index in [1.165, 1.54) is 19.1 Å². The molecule has 0 saturated heterocycles. The van der Waals surface area contributed by atoms with E-state index >= 15 is 0 Å². The highest BCUT2D eigenvalue weighted by molar-refractivity contribution is 5.94. The number of anilines is 2. The number of rotatable bonds is 2.